The zero-order valence-corrected chi connectivity index (χ0v) is 8.69. The van der Waals surface area contributed by atoms with Crippen molar-refractivity contribution in [3.8, 4) is 0 Å². The molecule has 1 aliphatic carbocycles. The molecule has 2 rings (SSSR count). The van der Waals surface area contributed by atoms with E-state index in [0.717, 1.165) is 0 Å². The predicted octanol–water partition coefficient (Wildman–Crippen LogP) is 1.69. The normalized spacial score (nSPS) is 29.2. The molecule has 1 aliphatic rings. The number of hydrogen-bond acceptors (Lipinski definition) is 2. The van der Waals surface area contributed by atoms with Gasteiger partial charge in [-0.15, -0.1) is 0 Å². The lowest BCUT2D eigenvalue weighted by atomic mass is 9.78. The van der Waals surface area contributed by atoms with Gasteiger partial charge in [0.1, 0.15) is 5.82 Å². The lowest BCUT2D eigenvalue weighted by molar-refractivity contribution is -0.144. The second-order valence-corrected chi connectivity index (χ2v) is 4.26. The quantitative estimate of drug-likeness (QED) is 0.803. The van der Waals surface area contributed by atoms with Crippen molar-refractivity contribution in [2.45, 2.75) is 30.8 Å². The van der Waals surface area contributed by atoms with E-state index < -0.39 is 23.3 Å². The molecular weight excluding hydrogens is 211 g/mol. The molecular formula is C12H13FO3. The molecule has 3 nitrogen and oxygen atoms in total. The Morgan fingerprint density at radius 2 is 2.12 bits per heavy atom. The van der Waals surface area contributed by atoms with Crippen molar-refractivity contribution in [1.82, 2.24) is 0 Å². The summed E-state index contributed by atoms with van der Waals surface area (Å²) in [7, 11) is 0. The van der Waals surface area contributed by atoms with Crippen LogP contribution in [-0.2, 0) is 10.2 Å². The third kappa shape index (κ3) is 1.59. The van der Waals surface area contributed by atoms with Gasteiger partial charge in [-0.1, -0.05) is 18.2 Å². The lowest BCUT2D eigenvalue weighted by Gasteiger charge is -2.24. The van der Waals surface area contributed by atoms with Gasteiger partial charge in [-0.2, -0.15) is 0 Å². The van der Waals surface area contributed by atoms with E-state index in [1.807, 2.05) is 0 Å². The summed E-state index contributed by atoms with van der Waals surface area (Å²) in [6.07, 6.45) is 0.115. The number of carboxylic acid groups (broad SMARTS) is 1. The Kier molecular flexibility index (Phi) is 2.68. The molecule has 0 aliphatic heterocycles. The Hall–Kier alpha value is -1.42. The van der Waals surface area contributed by atoms with Crippen LogP contribution >= 0.6 is 0 Å². The van der Waals surface area contributed by atoms with Crippen molar-refractivity contribution in [3.05, 3.63) is 35.6 Å². The van der Waals surface area contributed by atoms with Gasteiger partial charge in [0.05, 0.1) is 11.5 Å². The van der Waals surface area contributed by atoms with Crippen LogP contribution in [0.25, 0.3) is 0 Å². The van der Waals surface area contributed by atoms with Crippen LogP contribution in [0.2, 0.25) is 0 Å². The van der Waals surface area contributed by atoms with Gasteiger partial charge in [0.25, 0.3) is 0 Å². The molecule has 0 amide bonds. The number of carboxylic acids is 1. The van der Waals surface area contributed by atoms with E-state index in [9.17, 15) is 19.4 Å². The summed E-state index contributed by atoms with van der Waals surface area (Å²) in [6, 6.07) is 5.89. The fraction of sp³-hybridized carbons (Fsp3) is 0.417. The molecule has 86 valence electrons. The second-order valence-electron chi connectivity index (χ2n) is 4.26. The first kappa shape index (κ1) is 11.1. The van der Waals surface area contributed by atoms with Crippen molar-refractivity contribution in [3.63, 3.8) is 0 Å². The van der Waals surface area contributed by atoms with E-state index in [0.29, 0.717) is 6.42 Å². The Labute approximate surface area is 92.5 Å². The smallest absolute Gasteiger partial charge is 0.314 e. The summed E-state index contributed by atoms with van der Waals surface area (Å²) in [5.41, 5.74) is -1.08. The summed E-state index contributed by atoms with van der Waals surface area (Å²) in [5, 5.41) is 18.8. The van der Waals surface area contributed by atoms with E-state index in [2.05, 4.69) is 0 Å². The van der Waals surface area contributed by atoms with Crippen molar-refractivity contribution in [1.29, 1.82) is 0 Å². The number of halogens is 1. The summed E-state index contributed by atoms with van der Waals surface area (Å²) in [6.45, 7) is 0. The first-order valence-corrected chi connectivity index (χ1v) is 5.23. The van der Waals surface area contributed by atoms with E-state index in [4.69, 9.17) is 0 Å². The number of carbonyl (C=O) groups is 1. The van der Waals surface area contributed by atoms with E-state index in [1.54, 1.807) is 6.07 Å². The van der Waals surface area contributed by atoms with Crippen LogP contribution in [0.1, 0.15) is 24.8 Å². The van der Waals surface area contributed by atoms with Gasteiger partial charge in [0.15, 0.2) is 0 Å². The number of aliphatic hydroxyl groups is 1. The van der Waals surface area contributed by atoms with Gasteiger partial charge >= 0.3 is 5.97 Å². The molecule has 0 radical (unpaired) electrons. The zero-order valence-electron chi connectivity index (χ0n) is 8.69. The van der Waals surface area contributed by atoms with Gasteiger partial charge in [0.2, 0.25) is 0 Å². The molecule has 2 unspecified atom stereocenters. The number of aliphatic carboxylic acids is 1. The van der Waals surface area contributed by atoms with Crippen molar-refractivity contribution in [2.75, 3.05) is 0 Å². The molecule has 2 N–H and O–H groups in total. The predicted molar refractivity (Wildman–Crippen MR) is 55.6 cm³/mol. The Morgan fingerprint density at radius 1 is 1.44 bits per heavy atom. The minimum absolute atomic E-state index is 0.0866. The van der Waals surface area contributed by atoms with Crippen LogP contribution in [0.3, 0.4) is 0 Å². The first-order chi connectivity index (χ1) is 7.56. The van der Waals surface area contributed by atoms with Crippen molar-refractivity contribution >= 4 is 5.97 Å². The number of rotatable bonds is 2. The average Bonchev–Trinajstić information content (AvgIpc) is 2.62. The molecule has 4 heteroatoms. The number of benzene rings is 1. The third-order valence-corrected chi connectivity index (χ3v) is 3.29. The van der Waals surface area contributed by atoms with Crippen molar-refractivity contribution < 1.29 is 19.4 Å². The number of hydrogen-bond donors (Lipinski definition) is 2. The standard InChI is InChI=1S/C12H13FO3/c13-10-4-2-1-3-9(10)12(11(15)16)6-5-8(14)7-12/h1-4,8,14H,5-7H2,(H,15,16). The van der Waals surface area contributed by atoms with Gasteiger partial charge in [-0.3, -0.25) is 4.79 Å². The van der Waals surface area contributed by atoms with Crippen LogP contribution < -0.4 is 0 Å². The summed E-state index contributed by atoms with van der Waals surface area (Å²) in [4.78, 5) is 11.3. The highest BCUT2D eigenvalue weighted by Gasteiger charge is 2.47. The third-order valence-electron chi connectivity index (χ3n) is 3.29. The minimum Gasteiger partial charge on any atom is -0.481 e. The monoisotopic (exact) mass is 224 g/mol. The highest BCUT2D eigenvalue weighted by Crippen LogP contribution is 2.42. The maximum Gasteiger partial charge on any atom is 0.314 e. The molecule has 0 spiro atoms. The molecule has 0 aromatic heterocycles. The van der Waals surface area contributed by atoms with Crippen LogP contribution in [0.5, 0.6) is 0 Å². The van der Waals surface area contributed by atoms with Crippen LogP contribution in [-0.4, -0.2) is 22.3 Å². The molecule has 0 heterocycles. The molecule has 1 fully saturated rings. The lowest BCUT2D eigenvalue weighted by Crippen LogP contribution is -2.34. The largest absolute Gasteiger partial charge is 0.481 e. The van der Waals surface area contributed by atoms with Crippen molar-refractivity contribution in [2.24, 2.45) is 0 Å². The van der Waals surface area contributed by atoms with Crippen LogP contribution in [0.15, 0.2) is 24.3 Å². The molecule has 1 saturated carbocycles. The summed E-state index contributed by atoms with van der Waals surface area (Å²) >= 11 is 0. The van der Waals surface area contributed by atoms with Crippen LogP contribution in [0.4, 0.5) is 4.39 Å². The summed E-state index contributed by atoms with van der Waals surface area (Å²) in [5.74, 6) is -1.58. The molecule has 1 aromatic rings. The topological polar surface area (TPSA) is 57.5 Å². The second kappa shape index (κ2) is 3.87. The first-order valence-electron chi connectivity index (χ1n) is 5.23. The fourth-order valence-electron chi connectivity index (χ4n) is 2.42. The SMILES string of the molecule is O=C(O)C1(c2ccccc2F)CCC(O)C1. The van der Waals surface area contributed by atoms with E-state index >= 15 is 0 Å². The highest BCUT2D eigenvalue weighted by atomic mass is 19.1. The van der Waals surface area contributed by atoms with Gasteiger partial charge in [-0.05, 0) is 25.3 Å². The number of aliphatic hydroxyl groups excluding tert-OH is 1. The molecule has 16 heavy (non-hydrogen) atoms. The molecule has 1 aromatic carbocycles. The van der Waals surface area contributed by atoms with Gasteiger partial charge in [0, 0.05) is 5.56 Å². The Bertz CT molecular complexity index is 418. The maximum atomic E-state index is 13.6. The minimum atomic E-state index is -1.26. The van der Waals surface area contributed by atoms with E-state index in [-0.39, 0.29) is 18.4 Å². The van der Waals surface area contributed by atoms with Gasteiger partial charge < -0.3 is 10.2 Å². The average molecular weight is 224 g/mol. The summed E-state index contributed by atoms with van der Waals surface area (Å²) < 4.78 is 13.6. The molecule has 0 saturated heterocycles. The van der Waals surface area contributed by atoms with E-state index in [1.165, 1.54) is 18.2 Å². The molecule has 0 bridgehead atoms. The highest BCUT2D eigenvalue weighted by molar-refractivity contribution is 5.82. The Morgan fingerprint density at radius 3 is 2.62 bits per heavy atom. The Balaban J connectivity index is 2.49. The van der Waals surface area contributed by atoms with Gasteiger partial charge in [-0.25, -0.2) is 4.39 Å². The maximum absolute atomic E-state index is 13.6. The zero-order chi connectivity index (χ0) is 11.8. The van der Waals surface area contributed by atoms with Crippen LogP contribution in [0, 0.1) is 5.82 Å². The fourth-order valence-corrected chi connectivity index (χ4v) is 2.42. The molecule has 2 atom stereocenters.